The maximum atomic E-state index is 13.1. The van der Waals surface area contributed by atoms with E-state index in [0.717, 1.165) is 17.9 Å². The van der Waals surface area contributed by atoms with Gasteiger partial charge < -0.3 is 4.74 Å². The lowest BCUT2D eigenvalue weighted by molar-refractivity contribution is 0.131. The molecule has 0 saturated heterocycles. The van der Waals surface area contributed by atoms with E-state index >= 15 is 0 Å². The number of hydrogen-bond donors (Lipinski definition) is 0. The van der Waals surface area contributed by atoms with Gasteiger partial charge in [0.15, 0.2) is 0 Å². The van der Waals surface area contributed by atoms with Crippen LogP contribution in [-0.2, 0) is 22.1 Å². The van der Waals surface area contributed by atoms with Crippen molar-refractivity contribution in [1.29, 1.82) is 0 Å². The summed E-state index contributed by atoms with van der Waals surface area (Å²) in [5.74, 6) is 0. The molecule has 0 fully saturated rings. The Labute approximate surface area is 140 Å². The van der Waals surface area contributed by atoms with Gasteiger partial charge >= 0.3 is 0 Å². The molecule has 3 nitrogen and oxygen atoms in total. The average molecular weight is 329 g/mol. The Bertz CT molecular complexity index is 712. The van der Waals surface area contributed by atoms with Crippen molar-refractivity contribution in [1.82, 2.24) is 4.31 Å². The minimum absolute atomic E-state index is 0.0331. The highest BCUT2D eigenvalue weighted by Crippen LogP contribution is 2.34. The molecule has 0 N–H and O–H groups in total. The third kappa shape index (κ3) is 3.25. The molecule has 1 heterocycles. The quantitative estimate of drug-likeness (QED) is 0.858. The van der Waals surface area contributed by atoms with Crippen LogP contribution in [0.15, 0.2) is 47.4 Å². The van der Waals surface area contributed by atoms with Crippen molar-refractivity contribution in [3.8, 4) is 0 Å². The predicted octanol–water partition coefficient (Wildman–Crippen LogP) is 3.57. The average Bonchev–Trinajstić information content (AvgIpc) is 2.56. The van der Waals surface area contributed by atoms with Gasteiger partial charge in [-0.3, -0.25) is 0 Å². The summed E-state index contributed by atoms with van der Waals surface area (Å²) in [7, 11) is 0.535. The fourth-order valence-corrected chi connectivity index (χ4v) is 4.53. The minimum atomic E-state index is -1.17. The van der Waals surface area contributed by atoms with Gasteiger partial charge in [-0.25, -0.2) is 8.51 Å². The van der Waals surface area contributed by atoms with Crippen molar-refractivity contribution in [3.05, 3.63) is 64.7 Å². The Kier molecular flexibility index (Phi) is 4.95. The van der Waals surface area contributed by atoms with Crippen molar-refractivity contribution in [2.75, 3.05) is 20.3 Å². The van der Waals surface area contributed by atoms with E-state index in [1.54, 1.807) is 7.11 Å². The molecular formula is C19H23NO2S. The third-order valence-corrected chi connectivity index (χ3v) is 6.03. The molecule has 4 heteroatoms. The van der Waals surface area contributed by atoms with E-state index in [4.69, 9.17) is 4.74 Å². The standard InChI is InChI=1S/C19H23NO2S/c1-14-7-9-16(10-8-14)23(21)20-12-11-17-15(2)5-4-6-18(17)19(20)13-22-3/h4-10,19H,11-13H2,1-3H3/t19-,23?/m0/s1. The van der Waals surface area contributed by atoms with Gasteiger partial charge in [-0.1, -0.05) is 35.9 Å². The molecule has 1 unspecified atom stereocenters. The van der Waals surface area contributed by atoms with E-state index in [9.17, 15) is 4.21 Å². The highest BCUT2D eigenvalue weighted by Gasteiger charge is 2.32. The molecule has 0 bridgehead atoms. The van der Waals surface area contributed by atoms with Gasteiger partial charge in [0.05, 0.1) is 17.5 Å². The summed E-state index contributed by atoms with van der Waals surface area (Å²) in [5, 5.41) is 0. The van der Waals surface area contributed by atoms with E-state index in [-0.39, 0.29) is 6.04 Å². The predicted molar refractivity (Wildman–Crippen MR) is 93.8 cm³/mol. The zero-order valence-electron chi connectivity index (χ0n) is 13.9. The molecule has 1 aliphatic rings. The van der Waals surface area contributed by atoms with Gasteiger partial charge in [-0.15, -0.1) is 0 Å². The zero-order chi connectivity index (χ0) is 16.4. The molecule has 3 rings (SSSR count). The largest absolute Gasteiger partial charge is 0.383 e. The summed E-state index contributed by atoms with van der Waals surface area (Å²) in [5.41, 5.74) is 5.12. The number of hydrogen-bond acceptors (Lipinski definition) is 2. The second-order valence-corrected chi connectivity index (χ2v) is 7.51. The smallest absolute Gasteiger partial charge is 0.128 e. The minimum Gasteiger partial charge on any atom is -0.383 e. The van der Waals surface area contributed by atoms with Gasteiger partial charge in [0.1, 0.15) is 11.0 Å². The zero-order valence-corrected chi connectivity index (χ0v) is 14.7. The van der Waals surface area contributed by atoms with E-state index in [1.807, 2.05) is 31.2 Å². The van der Waals surface area contributed by atoms with E-state index in [1.165, 1.54) is 22.3 Å². The van der Waals surface area contributed by atoms with E-state index < -0.39 is 11.0 Å². The summed E-state index contributed by atoms with van der Waals surface area (Å²) in [6, 6.07) is 14.4. The fraction of sp³-hybridized carbons (Fsp3) is 0.368. The lowest BCUT2D eigenvalue weighted by Crippen LogP contribution is -2.39. The van der Waals surface area contributed by atoms with Crippen LogP contribution in [-0.4, -0.2) is 28.8 Å². The highest BCUT2D eigenvalue weighted by molar-refractivity contribution is 7.82. The maximum absolute atomic E-state index is 13.1. The molecule has 2 aromatic rings. The molecule has 23 heavy (non-hydrogen) atoms. The summed E-state index contributed by atoms with van der Waals surface area (Å²) in [4.78, 5) is 0.854. The van der Waals surface area contributed by atoms with Crippen LogP contribution in [0.25, 0.3) is 0 Å². The Morgan fingerprint density at radius 3 is 2.61 bits per heavy atom. The number of benzene rings is 2. The molecule has 0 radical (unpaired) electrons. The maximum Gasteiger partial charge on any atom is 0.128 e. The first kappa shape index (κ1) is 16.4. The highest BCUT2D eigenvalue weighted by atomic mass is 32.2. The van der Waals surface area contributed by atoms with Crippen LogP contribution in [0.5, 0.6) is 0 Å². The lowest BCUT2D eigenvalue weighted by atomic mass is 9.91. The number of rotatable bonds is 4. The molecule has 0 aromatic heterocycles. The van der Waals surface area contributed by atoms with Gasteiger partial charge in [-0.05, 0) is 49.1 Å². The third-order valence-electron chi connectivity index (χ3n) is 4.50. The van der Waals surface area contributed by atoms with Crippen molar-refractivity contribution in [2.24, 2.45) is 0 Å². The molecule has 0 aliphatic carbocycles. The Balaban J connectivity index is 1.95. The fourth-order valence-electron chi connectivity index (χ4n) is 3.23. The lowest BCUT2D eigenvalue weighted by Gasteiger charge is -2.36. The first-order valence-electron chi connectivity index (χ1n) is 7.94. The second-order valence-electron chi connectivity index (χ2n) is 6.07. The number of methoxy groups -OCH3 is 1. The molecule has 1 aliphatic heterocycles. The van der Waals surface area contributed by atoms with Crippen molar-refractivity contribution >= 4 is 11.0 Å². The Morgan fingerprint density at radius 1 is 1.17 bits per heavy atom. The van der Waals surface area contributed by atoms with Gasteiger partial charge in [0.25, 0.3) is 0 Å². The number of nitrogens with zero attached hydrogens (tertiary/aromatic N) is 1. The number of fused-ring (bicyclic) bond motifs is 1. The number of aryl methyl sites for hydroxylation is 2. The van der Waals surface area contributed by atoms with Gasteiger partial charge in [0, 0.05) is 13.7 Å². The monoisotopic (exact) mass is 329 g/mol. The van der Waals surface area contributed by atoms with Crippen LogP contribution in [0, 0.1) is 13.8 Å². The first-order valence-corrected chi connectivity index (χ1v) is 9.05. The van der Waals surface area contributed by atoms with Crippen LogP contribution in [0.4, 0.5) is 0 Å². The van der Waals surface area contributed by atoms with Crippen LogP contribution >= 0.6 is 0 Å². The summed E-state index contributed by atoms with van der Waals surface area (Å²) < 4.78 is 20.6. The summed E-state index contributed by atoms with van der Waals surface area (Å²) in [6.07, 6.45) is 0.930. The number of ether oxygens (including phenoxy) is 1. The molecule has 0 spiro atoms. The molecule has 2 aromatic carbocycles. The molecule has 2 atom stereocenters. The summed E-state index contributed by atoms with van der Waals surface area (Å²) in [6.45, 7) is 5.52. The van der Waals surface area contributed by atoms with Crippen LogP contribution in [0.1, 0.15) is 28.3 Å². The van der Waals surface area contributed by atoms with Gasteiger partial charge in [-0.2, -0.15) is 0 Å². The Hall–Kier alpha value is -1.49. The molecule has 0 amide bonds. The van der Waals surface area contributed by atoms with Crippen LogP contribution in [0.2, 0.25) is 0 Å². The van der Waals surface area contributed by atoms with Crippen molar-refractivity contribution in [3.63, 3.8) is 0 Å². The summed E-state index contributed by atoms with van der Waals surface area (Å²) >= 11 is 0. The van der Waals surface area contributed by atoms with Gasteiger partial charge in [0.2, 0.25) is 0 Å². The normalized spacial score (nSPS) is 19.3. The van der Waals surface area contributed by atoms with Crippen LogP contribution < -0.4 is 0 Å². The first-order chi connectivity index (χ1) is 11.1. The van der Waals surface area contributed by atoms with Crippen molar-refractivity contribution < 1.29 is 8.95 Å². The van der Waals surface area contributed by atoms with E-state index in [2.05, 4.69) is 29.4 Å². The van der Waals surface area contributed by atoms with E-state index in [0.29, 0.717) is 6.61 Å². The van der Waals surface area contributed by atoms with Crippen LogP contribution in [0.3, 0.4) is 0 Å². The SMILES string of the molecule is COC[C@H]1c2cccc(C)c2CCN1S(=O)c1ccc(C)cc1. The Morgan fingerprint density at radius 2 is 1.91 bits per heavy atom. The topological polar surface area (TPSA) is 29.5 Å². The molecule has 0 saturated carbocycles. The molecule has 122 valence electrons. The van der Waals surface area contributed by atoms with Crippen molar-refractivity contribution in [2.45, 2.75) is 31.2 Å². The second kappa shape index (κ2) is 6.95. The molecular weight excluding hydrogens is 306 g/mol.